The molecule has 0 aliphatic rings. The molecular weight excluding hydrogens is 378 g/mol. The van der Waals surface area contributed by atoms with Crippen molar-refractivity contribution in [1.82, 2.24) is 4.98 Å². The molecule has 0 radical (unpaired) electrons. The minimum atomic E-state index is 0.185. The lowest BCUT2D eigenvalue weighted by Gasteiger charge is -2.06. The van der Waals surface area contributed by atoms with Crippen molar-refractivity contribution in [2.24, 2.45) is 0 Å². The molecule has 4 rings (SSSR count). The van der Waals surface area contributed by atoms with E-state index in [0.29, 0.717) is 18.4 Å². The third kappa shape index (κ3) is 4.42. The van der Waals surface area contributed by atoms with Crippen LogP contribution in [0.3, 0.4) is 0 Å². The van der Waals surface area contributed by atoms with Gasteiger partial charge in [0.15, 0.2) is 0 Å². The van der Waals surface area contributed by atoms with Crippen LogP contribution in [0.15, 0.2) is 83.3 Å². The number of oxazole rings is 1. The van der Waals surface area contributed by atoms with Gasteiger partial charge in [-0.05, 0) is 54.1 Å². The van der Waals surface area contributed by atoms with E-state index in [9.17, 15) is 5.26 Å². The van der Waals surface area contributed by atoms with Gasteiger partial charge in [-0.1, -0.05) is 30.3 Å². The number of rotatable bonds is 7. The number of hydrogen-bond donors (Lipinski definition) is 1. The summed E-state index contributed by atoms with van der Waals surface area (Å²) < 4.78 is 16.8. The van der Waals surface area contributed by atoms with Crippen LogP contribution < -0.4 is 14.8 Å². The van der Waals surface area contributed by atoms with Crippen LogP contribution in [0.5, 0.6) is 11.5 Å². The molecule has 1 aromatic heterocycles. The fourth-order valence-corrected chi connectivity index (χ4v) is 2.84. The summed E-state index contributed by atoms with van der Waals surface area (Å²) in [5, 5.41) is 12.5. The number of nitrogens with zero attached hydrogens (tertiary/aromatic N) is 2. The van der Waals surface area contributed by atoms with Gasteiger partial charge < -0.3 is 19.2 Å². The summed E-state index contributed by atoms with van der Waals surface area (Å²) in [5.41, 5.74) is 2.80. The van der Waals surface area contributed by atoms with Crippen molar-refractivity contribution in [1.29, 1.82) is 5.26 Å². The monoisotopic (exact) mass is 397 g/mol. The first kappa shape index (κ1) is 19.1. The Balaban J connectivity index is 1.47. The van der Waals surface area contributed by atoms with Gasteiger partial charge in [0.05, 0.1) is 7.11 Å². The molecule has 6 nitrogen and oxygen atoms in total. The van der Waals surface area contributed by atoms with E-state index >= 15 is 0 Å². The number of methoxy groups -OCH3 is 1. The van der Waals surface area contributed by atoms with Gasteiger partial charge in [-0.3, -0.25) is 0 Å². The van der Waals surface area contributed by atoms with Crippen molar-refractivity contribution < 1.29 is 13.9 Å². The molecule has 0 amide bonds. The SMILES string of the molecule is COc1ccc(Nc2oc(-c3ccc(OCc4ccccc4)cc3)nc2C#N)cc1. The fraction of sp³-hybridized carbons (Fsp3) is 0.0833. The first-order valence-electron chi connectivity index (χ1n) is 9.34. The highest BCUT2D eigenvalue weighted by molar-refractivity contribution is 5.64. The van der Waals surface area contributed by atoms with Crippen molar-refractivity contribution >= 4 is 11.6 Å². The molecule has 0 unspecified atom stereocenters. The average molecular weight is 397 g/mol. The highest BCUT2D eigenvalue weighted by Crippen LogP contribution is 2.29. The topological polar surface area (TPSA) is 80.3 Å². The van der Waals surface area contributed by atoms with E-state index in [2.05, 4.69) is 16.4 Å². The Morgan fingerprint density at radius 1 is 0.933 bits per heavy atom. The molecule has 0 fully saturated rings. The van der Waals surface area contributed by atoms with Crippen molar-refractivity contribution in [3.05, 3.63) is 90.1 Å². The number of nitriles is 1. The fourth-order valence-electron chi connectivity index (χ4n) is 2.84. The van der Waals surface area contributed by atoms with E-state index in [1.807, 2.05) is 78.9 Å². The maximum absolute atomic E-state index is 9.41. The van der Waals surface area contributed by atoms with Gasteiger partial charge in [0.1, 0.15) is 24.2 Å². The lowest BCUT2D eigenvalue weighted by Crippen LogP contribution is -1.94. The van der Waals surface area contributed by atoms with Crippen LogP contribution in [-0.4, -0.2) is 12.1 Å². The van der Waals surface area contributed by atoms with E-state index in [1.54, 1.807) is 7.11 Å². The standard InChI is InChI=1S/C24H19N3O3/c1-28-20-13-9-19(10-14-20)26-24-22(15-25)27-23(30-24)18-7-11-21(12-8-18)29-16-17-5-3-2-4-6-17/h2-14,26H,16H2,1H3. The normalized spacial score (nSPS) is 10.3. The Morgan fingerprint density at radius 2 is 1.63 bits per heavy atom. The van der Waals surface area contributed by atoms with Gasteiger partial charge in [0.2, 0.25) is 17.5 Å². The highest BCUT2D eigenvalue weighted by Gasteiger charge is 2.15. The van der Waals surface area contributed by atoms with Gasteiger partial charge in [-0.2, -0.15) is 10.2 Å². The molecule has 1 N–H and O–H groups in total. The molecule has 4 aromatic rings. The van der Waals surface area contributed by atoms with Crippen LogP contribution in [-0.2, 0) is 6.61 Å². The molecule has 0 spiro atoms. The maximum atomic E-state index is 9.41. The van der Waals surface area contributed by atoms with Gasteiger partial charge in [-0.25, -0.2) is 0 Å². The molecule has 0 atom stereocenters. The van der Waals surface area contributed by atoms with Gasteiger partial charge >= 0.3 is 0 Å². The van der Waals surface area contributed by atoms with Crippen LogP contribution in [0.2, 0.25) is 0 Å². The van der Waals surface area contributed by atoms with E-state index in [4.69, 9.17) is 13.9 Å². The first-order valence-corrected chi connectivity index (χ1v) is 9.34. The van der Waals surface area contributed by atoms with Crippen LogP contribution in [0.4, 0.5) is 11.6 Å². The zero-order valence-corrected chi connectivity index (χ0v) is 16.3. The Labute approximate surface area is 174 Å². The summed E-state index contributed by atoms with van der Waals surface area (Å²) in [6.07, 6.45) is 0. The van der Waals surface area contributed by atoms with Crippen molar-refractivity contribution in [2.75, 3.05) is 12.4 Å². The van der Waals surface area contributed by atoms with E-state index in [1.165, 1.54) is 0 Å². The number of ether oxygens (including phenoxy) is 2. The molecule has 148 valence electrons. The van der Waals surface area contributed by atoms with E-state index < -0.39 is 0 Å². The number of anilines is 2. The largest absolute Gasteiger partial charge is 0.497 e. The lowest BCUT2D eigenvalue weighted by molar-refractivity contribution is 0.306. The predicted molar refractivity (Wildman–Crippen MR) is 114 cm³/mol. The predicted octanol–water partition coefficient (Wildman–Crippen LogP) is 5.54. The van der Waals surface area contributed by atoms with E-state index in [-0.39, 0.29) is 5.69 Å². The van der Waals surface area contributed by atoms with Crippen molar-refractivity contribution in [3.8, 4) is 29.0 Å². The molecule has 0 saturated heterocycles. The average Bonchev–Trinajstić information content (AvgIpc) is 3.22. The Kier molecular flexibility index (Phi) is 5.63. The summed E-state index contributed by atoms with van der Waals surface area (Å²) >= 11 is 0. The summed E-state index contributed by atoms with van der Waals surface area (Å²) in [4.78, 5) is 4.30. The summed E-state index contributed by atoms with van der Waals surface area (Å²) in [6.45, 7) is 0.494. The number of nitrogens with one attached hydrogen (secondary N) is 1. The zero-order valence-electron chi connectivity index (χ0n) is 16.3. The molecular formula is C24H19N3O3. The van der Waals surface area contributed by atoms with Gasteiger partial charge in [0, 0.05) is 11.3 Å². The summed E-state index contributed by atoms with van der Waals surface area (Å²) in [5.74, 6) is 2.14. The Morgan fingerprint density at radius 3 is 2.30 bits per heavy atom. The van der Waals surface area contributed by atoms with Gasteiger partial charge in [0.25, 0.3) is 0 Å². The third-order valence-electron chi connectivity index (χ3n) is 4.43. The Hall–Kier alpha value is -4.24. The molecule has 0 aliphatic carbocycles. The smallest absolute Gasteiger partial charge is 0.236 e. The minimum Gasteiger partial charge on any atom is -0.497 e. The molecule has 6 heteroatoms. The van der Waals surface area contributed by atoms with Crippen LogP contribution in [0, 0.1) is 11.3 Å². The highest BCUT2D eigenvalue weighted by atomic mass is 16.5. The second-order valence-corrected chi connectivity index (χ2v) is 6.46. The quantitative estimate of drug-likeness (QED) is 0.441. The van der Waals surface area contributed by atoms with Crippen molar-refractivity contribution in [2.45, 2.75) is 6.61 Å². The lowest BCUT2D eigenvalue weighted by atomic mass is 10.2. The molecule has 1 heterocycles. The Bertz CT molecular complexity index is 1150. The molecule has 0 bridgehead atoms. The number of hydrogen-bond acceptors (Lipinski definition) is 6. The third-order valence-corrected chi connectivity index (χ3v) is 4.43. The van der Waals surface area contributed by atoms with Crippen LogP contribution in [0.25, 0.3) is 11.5 Å². The molecule has 0 aliphatic heterocycles. The maximum Gasteiger partial charge on any atom is 0.236 e. The number of benzene rings is 3. The van der Waals surface area contributed by atoms with Crippen LogP contribution in [0.1, 0.15) is 11.3 Å². The number of aromatic nitrogens is 1. The van der Waals surface area contributed by atoms with Gasteiger partial charge in [-0.15, -0.1) is 0 Å². The molecule has 0 saturated carbocycles. The van der Waals surface area contributed by atoms with Crippen LogP contribution >= 0.6 is 0 Å². The second-order valence-electron chi connectivity index (χ2n) is 6.46. The summed E-state index contributed by atoms with van der Waals surface area (Å²) in [6, 6.07) is 26.7. The van der Waals surface area contributed by atoms with Crippen molar-refractivity contribution in [3.63, 3.8) is 0 Å². The minimum absolute atomic E-state index is 0.185. The summed E-state index contributed by atoms with van der Waals surface area (Å²) in [7, 11) is 1.61. The molecule has 30 heavy (non-hydrogen) atoms. The molecule has 3 aromatic carbocycles. The van der Waals surface area contributed by atoms with E-state index in [0.717, 1.165) is 28.3 Å². The second kappa shape index (κ2) is 8.84. The zero-order chi connectivity index (χ0) is 20.8. The first-order chi connectivity index (χ1) is 14.7.